The molecule has 0 aliphatic heterocycles. The summed E-state index contributed by atoms with van der Waals surface area (Å²) in [5.41, 5.74) is 0.872. The van der Waals surface area contributed by atoms with E-state index in [2.05, 4.69) is 19.2 Å². The van der Waals surface area contributed by atoms with Gasteiger partial charge in [-0.3, -0.25) is 0 Å². The van der Waals surface area contributed by atoms with Crippen molar-refractivity contribution in [3.05, 3.63) is 29.6 Å². The van der Waals surface area contributed by atoms with Crippen LogP contribution in [0.1, 0.15) is 19.4 Å². The van der Waals surface area contributed by atoms with E-state index in [4.69, 9.17) is 9.47 Å². The lowest BCUT2D eigenvalue weighted by molar-refractivity contribution is 0.0508. The van der Waals surface area contributed by atoms with Gasteiger partial charge in [0, 0.05) is 19.7 Å². The van der Waals surface area contributed by atoms with Gasteiger partial charge in [0.05, 0.1) is 0 Å². The highest BCUT2D eigenvalue weighted by molar-refractivity contribution is 5.29. The summed E-state index contributed by atoms with van der Waals surface area (Å²) >= 11 is 0. The van der Waals surface area contributed by atoms with Crippen molar-refractivity contribution in [1.29, 1.82) is 0 Å². The highest BCUT2D eigenvalue weighted by Crippen LogP contribution is 2.16. The maximum atomic E-state index is 13.3. The predicted molar refractivity (Wildman–Crippen MR) is 65.4 cm³/mol. The first kappa shape index (κ1) is 13.9. The lowest BCUT2D eigenvalue weighted by atomic mass is 10.2. The first-order valence-corrected chi connectivity index (χ1v) is 5.73. The second-order valence-electron chi connectivity index (χ2n) is 4.37. The monoisotopic (exact) mass is 241 g/mol. The molecule has 1 N–H and O–H groups in total. The Kier molecular flexibility index (Phi) is 5.94. The Morgan fingerprint density at radius 2 is 2.06 bits per heavy atom. The molecule has 0 aromatic heterocycles. The van der Waals surface area contributed by atoms with Gasteiger partial charge in [0.2, 0.25) is 0 Å². The largest absolute Gasteiger partial charge is 0.467 e. The number of rotatable bonds is 7. The van der Waals surface area contributed by atoms with Crippen LogP contribution < -0.4 is 10.1 Å². The molecule has 0 aliphatic carbocycles. The van der Waals surface area contributed by atoms with Crippen LogP contribution in [0.3, 0.4) is 0 Å². The Hall–Kier alpha value is -1.13. The van der Waals surface area contributed by atoms with Crippen LogP contribution >= 0.6 is 0 Å². The van der Waals surface area contributed by atoms with Crippen molar-refractivity contribution in [3.63, 3.8) is 0 Å². The van der Waals surface area contributed by atoms with Gasteiger partial charge in [-0.15, -0.1) is 0 Å². The number of hydrogen-bond acceptors (Lipinski definition) is 3. The van der Waals surface area contributed by atoms with E-state index in [0.717, 1.165) is 12.1 Å². The topological polar surface area (TPSA) is 30.5 Å². The minimum absolute atomic E-state index is 0.127. The third kappa shape index (κ3) is 5.65. The first-order chi connectivity index (χ1) is 8.11. The summed E-state index contributed by atoms with van der Waals surface area (Å²) in [5, 5.41) is 3.26. The molecule has 0 amide bonds. The molecule has 3 nitrogen and oxygen atoms in total. The SMILES string of the molecule is COCOc1cc(F)cc(CNCC(C)C)c1. The third-order valence-electron chi connectivity index (χ3n) is 2.16. The lowest BCUT2D eigenvalue weighted by Crippen LogP contribution is -2.19. The quantitative estimate of drug-likeness (QED) is 0.744. The van der Waals surface area contributed by atoms with Gasteiger partial charge in [-0.2, -0.15) is 0 Å². The molecular formula is C13H20FNO2. The van der Waals surface area contributed by atoms with Crippen molar-refractivity contribution >= 4 is 0 Å². The highest BCUT2D eigenvalue weighted by atomic mass is 19.1. The number of benzene rings is 1. The molecule has 4 heteroatoms. The smallest absolute Gasteiger partial charge is 0.188 e. The summed E-state index contributed by atoms with van der Waals surface area (Å²) in [4.78, 5) is 0. The average Bonchev–Trinajstić information content (AvgIpc) is 2.25. The molecule has 96 valence electrons. The fraction of sp³-hybridized carbons (Fsp3) is 0.538. The van der Waals surface area contributed by atoms with Gasteiger partial charge in [0.15, 0.2) is 6.79 Å². The molecule has 0 saturated heterocycles. The van der Waals surface area contributed by atoms with E-state index in [9.17, 15) is 4.39 Å². The highest BCUT2D eigenvalue weighted by Gasteiger charge is 2.02. The van der Waals surface area contributed by atoms with Crippen molar-refractivity contribution in [1.82, 2.24) is 5.32 Å². The molecule has 17 heavy (non-hydrogen) atoms. The third-order valence-corrected chi connectivity index (χ3v) is 2.16. The Morgan fingerprint density at radius 3 is 2.71 bits per heavy atom. The number of hydrogen-bond donors (Lipinski definition) is 1. The fourth-order valence-electron chi connectivity index (χ4n) is 1.44. The molecule has 1 aromatic carbocycles. The van der Waals surface area contributed by atoms with Gasteiger partial charge >= 0.3 is 0 Å². The lowest BCUT2D eigenvalue weighted by Gasteiger charge is -2.10. The minimum Gasteiger partial charge on any atom is -0.467 e. The Morgan fingerprint density at radius 1 is 1.29 bits per heavy atom. The van der Waals surface area contributed by atoms with Gasteiger partial charge in [-0.1, -0.05) is 13.8 Å². The summed E-state index contributed by atoms with van der Waals surface area (Å²) in [6, 6.07) is 4.67. The molecule has 0 unspecified atom stereocenters. The molecule has 0 spiro atoms. The molecular weight excluding hydrogens is 221 g/mol. The van der Waals surface area contributed by atoms with E-state index in [1.54, 1.807) is 0 Å². The molecule has 1 rings (SSSR count). The zero-order valence-corrected chi connectivity index (χ0v) is 10.6. The predicted octanol–water partition coefficient (Wildman–Crippen LogP) is 2.55. The van der Waals surface area contributed by atoms with E-state index in [1.165, 1.54) is 19.2 Å². The van der Waals surface area contributed by atoms with Crippen LogP contribution in [0.15, 0.2) is 18.2 Å². The molecule has 0 bridgehead atoms. The van der Waals surface area contributed by atoms with Crippen LogP contribution in [0.2, 0.25) is 0 Å². The van der Waals surface area contributed by atoms with Crippen molar-refractivity contribution in [2.24, 2.45) is 5.92 Å². The fourth-order valence-corrected chi connectivity index (χ4v) is 1.44. The van der Waals surface area contributed by atoms with E-state index in [1.807, 2.05) is 6.07 Å². The molecule has 0 heterocycles. The number of halogens is 1. The van der Waals surface area contributed by atoms with E-state index < -0.39 is 0 Å². The maximum Gasteiger partial charge on any atom is 0.188 e. The average molecular weight is 241 g/mol. The summed E-state index contributed by atoms with van der Waals surface area (Å²) < 4.78 is 23.3. The molecule has 0 aliphatic rings. The maximum absolute atomic E-state index is 13.3. The summed E-state index contributed by atoms with van der Waals surface area (Å²) in [7, 11) is 1.53. The van der Waals surface area contributed by atoms with Crippen LogP contribution in [-0.2, 0) is 11.3 Å². The first-order valence-electron chi connectivity index (χ1n) is 5.73. The van der Waals surface area contributed by atoms with Crippen molar-refractivity contribution in [2.75, 3.05) is 20.4 Å². The molecule has 0 radical (unpaired) electrons. The summed E-state index contributed by atoms with van der Waals surface area (Å²) in [6.07, 6.45) is 0. The van der Waals surface area contributed by atoms with Crippen LogP contribution in [-0.4, -0.2) is 20.4 Å². The van der Waals surface area contributed by atoms with E-state index >= 15 is 0 Å². The van der Waals surface area contributed by atoms with Crippen LogP contribution in [0.5, 0.6) is 5.75 Å². The zero-order valence-electron chi connectivity index (χ0n) is 10.6. The molecule has 0 fully saturated rings. The second kappa shape index (κ2) is 7.25. The Labute approximate surface area is 102 Å². The number of nitrogens with one attached hydrogen (secondary N) is 1. The number of ether oxygens (including phenoxy) is 2. The molecule has 0 atom stereocenters. The van der Waals surface area contributed by atoms with Crippen molar-refractivity contribution < 1.29 is 13.9 Å². The van der Waals surface area contributed by atoms with Crippen LogP contribution in [0, 0.1) is 11.7 Å². The van der Waals surface area contributed by atoms with Gasteiger partial charge in [-0.05, 0) is 30.2 Å². The number of methoxy groups -OCH3 is 1. The molecule has 1 aromatic rings. The van der Waals surface area contributed by atoms with Gasteiger partial charge in [-0.25, -0.2) is 4.39 Å². The summed E-state index contributed by atoms with van der Waals surface area (Å²) in [5.74, 6) is 0.779. The van der Waals surface area contributed by atoms with E-state index in [-0.39, 0.29) is 12.6 Å². The van der Waals surface area contributed by atoms with Gasteiger partial charge in [0.25, 0.3) is 0 Å². The van der Waals surface area contributed by atoms with Crippen LogP contribution in [0.4, 0.5) is 4.39 Å². The zero-order chi connectivity index (χ0) is 12.7. The Bertz CT molecular complexity index is 342. The Balaban J connectivity index is 2.55. The van der Waals surface area contributed by atoms with Crippen LogP contribution in [0.25, 0.3) is 0 Å². The molecule has 0 saturated carbocycles. The van der Waals surface area contributed by atoms with Crippen molar-refractivity contribution in [3.8, 4) is 5.75 Å². The van der Waals surface area contributed by atoms with Gasteiger partial charge < -0.3 is 14.8 Å². The minimum atomic E-state index is -0.292. The standard InChI is InChI=1S/C13H20FNO2/c1-10(2)7-15-8-11-4-12(14)6-13(5-11)17-9-16-3/h4-6,10,15H,7-9H2,1-3H3. The normalized spacial score (nSPS) is 10.9. The summed E-state index contributed by atoms with van der Waals surface area (Å²) in [6.45, 7) is 5.93. The van der Waals surface area contributed by atoms with Crippen molar-refractivity contribution in [2.45, 2.75) is 20.4 Å². The second-order valence-corrected chi connectivity index (χ2v) is 4.37. The van der Waals surface area contributed by atoms with E-state index in [0.29, 0.717) is 18.2 Å². The van der Waals surface area contributed by atoms with Gasteiger partial charge in [0.1, 0.15) is 11.6 Å².